The van der Waals surface area contributed by atoms with Crippen LogP contribution in [0.1, 0.15) is 18.7 Å². The van der Waals surface area contributed by atoms with Crippen LogP contribution in [0.5, 0.6) is 0 Å². The van der Waals surface area contributed by atoms with E-state index in [0.29, 0.717) is 0 Å². The Balaban J connectivity index is 2.30. The summed E-state index contributed by atoms with van der Waals surface area (Å²) in [4.78, 5) is 14.4. The van der Waals surface area contributed by atoms with Crippen molar-refractivity contribution >= 4 is 17.6 Å². The first kappa shape index (κ1) is 12.4. The van der Waals surface area contributed by atoms with Crippen molar-refractivity contribution in [3.63, 3.8) is 0 Å². The van der Waals surface area contributed by atoms with E-state index in [9.17, 15) is 4.79 Å². The number of aldehydes is 1. The van der Waals surface area contributed by atoms with Gasteiger partial charge in [-0.05, 0) is 24.9 Å². The molecule has 84 valence electrons. The van der Waals surface area contributed by atoms with Crippen LogP contribution in [0.4, 0.5) is 0 Å². The average molecular weight is 225 g/mol. The van der Waals surface area contributed by atoms with E-state index in [1.165, 1.54) is 4.88 Å². The quantitative estimate of drug-likeness (QED) is 0.693. The zero-order chi connectivity index (χ0) is 11.3. The molecule has 0 saturated carbocycles. The molecule has 2 nitrogen and oxygen atoms in total. The van der Waals surface area contributed by atoms with Gasteiger partial charge in [0, 0.05) is 23.4 Å². The summed E-state index contributed by atoms with van der Waals surface area (Å²) in [5, 5.41) is 2.10. The fourth-order valence-corrected chi connectivity index (χ4v) is 2.27. The molecule has 0 atom stereocenters. The third kappa shape index (κ3) is 4.58. The van der Waals surface area contributed by atoms with Gasteiger partial charge in [-0.2, -0.15) is 0 Å². The second-order valence-corrected chi connectivity index (χ2v) is 5.71. The van der Waals surface area contributed by atoms with Gasteiger partial charge in [-0.3, -0.25) is 0 Å². The van der Waals surface area contributed by atoms with E-state index in [4.69, 9.17) is 0 Å². The Bertz CT molecular complexity index is 293. The highest BCUT2D eigenvalue weighted by Gasteiger charge is 2.18. The highest BCUT2D eigenvalue weighted by atomic mass is 32.1. The fourth-order valence-electron chi connectivity index (χ4n) is 1.57. The summed E-state index contributed by atoms with van der Waals surface area (Å²) in [6.45, 7) is 5.78. The molecular formula is C12H19NOS. The lowest BCUT2D eigenvalue weighted by atomic mass is 9.95. The number of carbonyl (C=O) groups is 1. The van der Waals surface area contributed by atoms with Crippen molar-refractivity contribution in [1.82, 2.24) is 4.90 Å². The number of thiophene rings is 1. The Morgan fingerprint density at radius 2 is 2.27 bits per heavy atom. The van der Waals surface area contributed by atoms with Gasteiger partial charge in [0.25, 0.3) is 0 Å². The molecule has 0 bridgehead atoms. The van der Waals surface area contributed by atoms with Gasteiger partial charge in [0.05, 0.1) is 0 Å². The zero-order valence-electron chi connectivity index (χ0n) is 9.69. The maximum Gasteiger partial charge on any atom is 0.126 e. The molecule has 0 aliphatic carbocycles. The average Bonchev–Trinajstić information content (AvgIpc) is 2.66. The lowest BCUT2D eigenvalue weighted by Gasteiger charge is -2.25. The van der Waals surface area contributed by atoms with Crippen LogP contribution in [0.3, 0.4) is 0 Å². The molecule has 1 rings (SSSR count). The molecular weight excluding hydrogens is 206 g/mol. The van der Waals surface area contributed by atoms with Gasteiger partial charge in [-0.25, -0.2) is 0 Å². The standard InChI is InChI=1S/C12H19NOS/c1-12(2,10-14)9-13(3)7-6-11-5-4-8-15-11/h4-5,8,10H,6-7,9H2,1-3H3. The number of rotatable bonds is 6. The summed E-state index contributed by atoms with van der Waals surface area (Å²) < 4.78 is 0. The van der Waals surface area contributed by atoms with Gasteiger partial charge < -0.3 is 9.69 Å². The van der Waals surface area contributed by atoms with Crippen molar-refractivity contribution in [2.75, 3.05) is 20.1 Å². The van der Waals surface area contributed by atoms with Crippen molar-refractivity contribution in [1.29, 1.82) is 0 Å². The maximum atomic E-state index is 10.8. The van der Waals surface area contributed by atoms with Crippen LogP contribution in [0.15, 0.2) is 17.5 Å². The highest BCUT2D eigenvalue weighted by molar-refractivity contribution is 7.09. The molecule has 0 unspecified atom stereocenters. The predicted molar refractivity (Wildman–Crippen MR) is 65.4 cm³/mol. The van der Waals surface area contributed by atoms with Crippen LogP contribution in [-0.4, -0.2) is 31.3 Å². The molecule has 15 heavy (non-hydrogen) atoms. The zero-order valence-corrected chi connectivity index (χ0v) is 10.5. The van der Waals surface area contributed by atoms with Gasteiger partial charge >= 0.3 is 0 Å². The van der Waals surface area contributed by atoms with Crippen molar-refractivity contribution in [2.24, 2.45) is 5.41 Å². The Morgan fingerprint density at radius 3 is 2.80 bits per heavy atom. The van der Waals surface area contributed by atoms with Gasteiger partial charge in [0.2, 0.25) is 0 Å². The molecule has 1 heterocycles. The van der Waals surface area contributed by atoms with Crippen LogP contribution in [0.2, 0.25) is 0 Å². The summed E-state index contributed by atoms with van der Waals surface area (Å²) >= 11 is 1.79. The van der Waals surface area contributed by atoms with Gasteiger partial charge in [-0.15, -0.1) is 11.3 Å². The molecule has 0 fully saturated rings. The molecule has 0 aliphatic rings. The van der Waals surface area contributed by atoms with Gasteiger partial charge in [-0.1, -0.05) is 19.9 Å². The molecule has 0 aromatic carbocycles. The number of carbonyl (C=O) groups excluding carboxylic acids is 1. The summed E-state index contributed by atoms with van der Waals surface area (Å²) in [6, 6.07) is 4.23. The van der Waals surface area contributed by atoms with E-state index >= 15 is 0 Å². The van der Waals surface area contributed by atoms with Crippen LogP contribution in [-0.2, 0) is 11.2 Å². The first-order valence-corrected chi connectivity index (χ1v) is 6.09. The van der Waals surface area contributed by atoms with Crippen LogP contribution in [0.25, 0.3) is 0 Å². The number of hydrogen-bond acceptors (Lipinski definition) is 3. The third-order valence-electron chi connectivity index (χ3n) is 2.32. The molecule has 0 amide bonds. The Morgan fingerprint density at radius 1 is 1.53 bits per heavy atom. The van der Waals surface area contributed by atoms with E-state index in [-0.39, 0.29) is 5.41 Å². The minimum atomic E-state index is -0.232. The third-order valence-corrected chi connectivity index (χ3v) is 3.25. The fraction of sp³-hybridized carbons (Fsp3) is 0.583. The van der Waals surface area contributed by atoms with E-state index in [0.717, 1.165) is 25.8 Å². The number of hydrogen-bond donors (Lipinski definition) is 0. The van der Waals surface area contributed by atoms with Crippen molar-refractivity contribution in [2.45, 2.75) is 20.3 Å². The Labute approximate surface area is 95.9 Å². The van der Waals surface area contributed by atoms with Crippen LogP contribution in [0, 0.1) is 5.41 Å². The molecule has 0 spiro atoms. The normalized spacial score (nSPS) is 12.0. The molecule has 1 aromatic rings. The second-order valence-electron chi connectivity index (χ2n) is 4.67. The van der Waals surface area contributed by atoms with E-state index in [1.54, 1.807) is 11.3 Å². The lowest BCUT2D eigenvalue weighted by molar-refractivity contribution is -0.115. The first-order valence-electron chi connectivity index (χ1n) is 5.21. The van der Waals surface area contributed by atoms with Gasteiger partial charge in [0.1, 0.15) is 6.29 Å². The number of likely N-dealkylation sites (N-methyl/N-ethyl adjacent to an activating group) is 1. The smallest absolute Gasteiger partial charge is 0.126 e. The molecule has 0 saturated heterocycles. The summed E-state index contributed by atoms with van der Waals surface area (Å²) in [5.41, 5.74) is -0.232. The highest BCUT2D eigenvalue weighted by Crippen LogP contribution is 2.14. The Kier molecular flexibility index (Phi) is 4.48. The summed E-state index contributed by atoms with van der Waals surface area (Å²) in [5.74, 6) is 0. The Hall–Kier alpha value is -0.670. The molecule has 0 N–H and O–H groups in total. The summed E-state index contributed by atoms with van der Waals surface area (Å²) in [7, 11) is 2.07. The monoisotopic (exact) mass is 225 g/mol. The second kappa shape index (κ2) is 5.42. The van der Waals surface area contributed by atoms with E-state index in [2.05, 4.69) is 29.5 Å². The van der Waals surface area contributed by atoms with E-state index < -0.39 is 0 Å². The minimum Gasteiger partial charge on any atom is -0.305 e. The summed E-state index contributed by atoms with van der Waals surface area (Å²) in [6.07, 6.45) is 2.11. The van der Waals surface area contributed by atoms with Crippen molar-refractivity contribution in [3.8, 4) is 0 Å². The van der Waals surface area contributed by atoms with Crippen LogP contribution < -0.4 is 0 Å². The van der Waals surface area contributed by atoms with E-state index in [1.807, 2.05) is 13.8 Å². The van der Waals surface area contributed by atoms with Crippen LogP contribution >= 0.6 is 11.3 Å². The minimum absolute atomic E-state index is 0.232. The molecule has 0 aliphatic heterocycles. The molecule has 3 heteroatoms. The predicted octanol–water partition coefficient (Wildman–Crippen LogP) is 2.45. The lowest BCUT2D eigenvalue weighted by Crippen LogP contribution is -2.33. The van der Waals surface area contributed by atoms with Crippen molar-refractivity contribution in [3.05, 3.63) is 22.4 Å². The van der Waals surface area contributed by atoms with Crippen molar-refractivity contribution < 1.29 is 4.79 Å². The topological polar surface area (TPSA) is 20.3 Å². The molecule has 1 aromatic heterocycles. The maximum absolute atomic E-state index is 10.8. The SMILES string of the molecule is CN(CCc1cccs1)CC(C)(C)C=O. The largest absolute Gasteiger partial charge is 0.305 e. The number of nitrogens with zero attached hydrogens (tertiary/aromatic N) is 1. The first-order chi connectivity index (χ1) is 7.03. The molecule has 0 radical (unpaired) electrons. The van der Waals surface area contributed by atoms with Gasteiger partial charge in [0.15, 0.2) is 0 Å².